The number of para-hydroxylation sites is 1. The van der Waals surface area contributed by atoms with Crippen molar-refractivity contribution in [1.29, 1.82) is 0 Å². The summed E-state index contributed by atoms with van der Waals surface area (Å²) in [6.45, 7) is 3.24. The number of hydrogen-bond acceptors (Lipinski definition) is 2. The van der Waals surface area contributed by atoms with Crippen LogP contribution in [0.25, 0.3) is 0 Å². The standard InChI is InChI=1S/C17H25NO/c1-12-6-5-7-13(10-12)17(18-2)15-11-19-16-9-4-3-8-14(15)16/h3-4,8-9,12-13,15,17-18H,5-7,10-11H2,1-2H3. The van der Waals surface area contributed by atoms with E-state index in [2.05, 4.69) is 43.6 Å². The molecule has 1 aromatic carbocycles. The second-order valence-electron chi connectivity index (χ2n) is 6.30. The number of hydrogen-bond donors (Lipinski definition) is 1. The SMILES string of the molecule is CNC(C1CCCC(C)C1)C1COc2ccccc21. The summed E-state index contributed by atoms with van der Waals surface area (Å²) < 4.78 is 5.87. The average Bonchev–Trinajstić information content (AvgIpc) is 2.84. The van der Waals surface area contributed by atoms with Crippen LogP contribution in [-0.2, 0) is 0 Å². The topological polar surface area (TPSA) is 21.3 Å². The molecule has 0 radical (unpaired) electrons. The molecule has 0 amide bonds. The predicted octanol–water partition coefficient (Wildman–Crippen LogP) is 3.58. The fourth-order valence-electron chi connectivity index (χ4n) is 4.06. The Labute approximate surface area is 116 Å². The maximum absolute atomic E-state index is 5.87. The number of likely N-dealkylation sites (N-methyl/N-ethyl adjacent to an activating group) is 1. The molecule has 1 heterocycles. The molecule has 0 saturated heterocycles. The highest BCUT2D eigenvalue weighted by atomic mass is 16.5. The molecule has 1 saturated carbocycles. The van der Waals surface area contributed by atoms with Crippen LogP contribution in [0.4, 0.5) is 0 Å². The zero-order valence-corrected chi connectivity index (χ0v) is 12.1. The molecule has 0 spiro atoms. The van der Waals surface area contributed by atoms with Gasteiger partial charge in [0.05, 0.1) is 6.61 Å². The third-order valence-electron chi connectivity index (χ3n) is 4.99. The summed E-state index contributed by atoms with van der Waals surface area (Å²) in [6, 6.07) is 9.11. The van der Waals surface area contributed by atoms with E-state index in [1.165, 1.54) is 31.2 Å². The molecule has 4 atom stereocenters. The Morgan fingerprint density at radius 3 is 2.89 bits per heavy atom. The fourth-order valence-corrected chi connectivity index (χ4v) is 4.06. The van der Waals surface area contributed by atoms with Gasteiger partial charge in [-0.3, -0.25) is 0 Å². The lowest BCUT2D eigenvalue weighted by Crippen LogP contribution is -2.41. The number of fused-ring (bicyclic) bond motifs is 1. The highest BCUT2D eigenvalue weighted by Gasteiger charge is 2.36. The number of benzene rings is 1. The smallest absolute Gasteiger partial charge is 0.122 e. The highest BCUT2D eigenvalue weighted by Crippen LogP contribution is 2.41. The van der Waals surface area contributed by atoms with Crippen molar-refractivity contribution in [3.8, 4) is 5.75 Å². The first-order chi connectivity index (χ1) is 9.29. The van der Waals surface area contributed by atoms with Crippen molar-refractivity contribution in [2.24, 2.45) is 11.8 Å². The summed E-state index contributed by atoms with van der Waals surface area (Å²) in [5.74, 6) is 3.30. The molecule has 19 heavy (non-hydrogen) atoms. The minimum Gasteiger partial charge on any atom is -0.493 e. The summed E-state index contributed by atoms with van der Waals surface area (Å²) in [4.78, 5) is 0. The lowest BCUT2D eigenvalue weighted by Gasteiger charge is -2.36. The first-order valence-corrected chi connectivity index (χ1v) is 7.68. The zero-order valence-electron chi connectivity index (χ0n) is 12.1. The predicted molar refractivity (Wildman–Crippen MR) is 78.6 cm³/mol. The summed E-state index contributed by atoms with van der Waals surface area (Å²) in [6.07, 6.45) is 5.53. The van der Waals surface area contributed by atoms with Crippen molar-refractivity contribution < 1.29 is 4.74 Å². The van der Waals surface area contributed by atoms with Gasteiger partial charge in [-0.25, -0.2) is 0 Å². The number of ether oxygens (including phenoxy) is 1. The molecule has 2 aliphatic rings. The quantitative estimate of drug-likeness (QED) is 0.896. The van der Waals surface area contributed by atoms with E-state index in [0.717, 1.165) is 24.2 Å². The molecule has 1 aliphatic heterocycles. The molecule has 0 bridgehead atoms. The molecular formula is C17H25NO. The van der Waals surface area contributed by atoms with Crippen LogP contribution >= 0.6 is 0 Å². The maximum atomic E-state index is 5.87. The van der Waals surface area contributed by atoms with Crippen molar-refractivity contribution in [3.05, 3.63) is 29.8 Å². The Kier molecular flexibility index (Phi) is 3.79. The lowest BCUT2D eigenvalue weighted by molar-refractivity contribution is 0.192. The van der Waals surface area contributed by atoms with Gasteiger partial charge < -0.3 is 10.1 Å². The highest BCUT2D eigenvalue weighted by molar-refractivity contribution is 5.40. The first kappa shape index (κ1) is 13.0. The minimum absolute atomic E-state index is 0.525. The summed E-state index contributed by atoms with van der Waals surface area (Å²) in [7, 11) is 2.12. The van der Waals surface area contributed by atoms with Gasteiger partial charge in [0.25, 0.3) is 0 Å². The minimum atomic E-state index is 0.525. The van der Waals surface area contributed by atoms with E-state index < -0.39 is 0 Å². The molecule has 1 fully saturated rings. The zero-order chi connectivity index (χ0) is 13.2. The normalized spacial score (nSPS) is 31.6. The third kappa shape index (κ3) is 2.51. The van der Waals surface area contributed by atoms with Crippen LogP contribution < -0.4 is 10.1 Å². The van der Waals surface area contributed by atoms with Crippen molar-refractivity contribution in [2.45, 2.75) is 44.6 Å². The molecule has 2 heteroatoms. The summed E-state index contributed by atoms with van der Waals surface area (Å²) in [5, 5.41) is 3.60. The van der Waals surface area contributed by atoms with E-state index in [4.69, 9.17) is 4.74 Å². The van der Waals surface area contributed by atoms with Crippen molar-refractivity contribution in [2.75, 3.05) is 13.7 Å². The molecule has 3 rings (SSSR count). The van der Waals surface area contributed by atoms with Gasteiger partial charge >= 0.3 is 0 Å². The van der Waals surface area contributed by atoms with Crippen molar-refractivity contribution >= 4 is 0 Å². The van der Waals surface area contributed by atoms with Gasteiger partial charge in [-0.1, -0.05) is 38.0 Å². The van der Waals surface area contributed by atoms with E-state index >= 15 is 0 Å². The fraction of sp³-hybridized carbons (Fsp3) is 0.647. The Morgan fingerprint density at radius 1 is 1.26 bits per heavy atom. The van der Waals surface area contributed by atoms with E-state index in [9.17, 15) is 0 Å². The number of rotatable bonds is 3. The molecule has 0 aromatic heterocycles. The molecule has 4 unspecified atom stereocenters. The number of nitrogens with one attached hydrogen (secondary N) is 1. The first-order valence-electron chi connectivity index (χ1n) is 7.68. The van der Waals surface area contributed by atoms with E-state index in [1.807, 2.05) is 0 Å². The van der Waals surface area contributed by atoms with E-state index in [1.54, 1.807) is 0 Å². The van der Waals surface area contributed by atoms with Gasteiger partial charge in [-0.15, -0.1) is 0 Å². The van der Waals surface area contributed by atoms with Gasteiger partial charge in [0.2, 0.25) is 0 Å². The van der Waals surface area contributed by atoms with Crippen LogP contribution in [-0.4, -0.2) is 19.7 Å². The Bertz CT molecular complexity index is 431. The van der Waals surface area contributed by atoms with Crippen LogP contribution in [0.15, 0.2) is 24.3 Å². The van der Waals surface area contributed by atoms with Gasteiger partial charge in [0.15, 0.2) is 0 Å². The van der Waals surface area contributed by atoms with Crippen LogP contribution in [0.1, 0.15) is 44.1 Å². The van der Waals surface area contributed by atoms with Crippen LogP contribution in [0.5, 0.6) is 5.75 Å². The van der Waals surface area contributed by atoms with Gasteiger partial charge in [0, 0.05) is 17.5 Å². The van der Waals surface area contributed by atoms with Gasteiger partial charge in [0.1, 0.15) is 5.75 Å². The maximum Gasteiger partial charge on any atom is 0.122 e. The summed E-state index contributed by atoms with van der Waals surface area (Å²) in [5.41, 5.74) is 1.40. The molecule has 1 aromatic rings. The van der Waals surface area contributed by atoms with Crippen molar-refractivity contribution in [1.82, 2.24) is 5.32 Å². The Hall–Kier alpha value is -1.02. The Balaban J connectivity index is 1.80. The monoisotopic (exact) mass is 259 g/mol. The van der Waals surface area contributed by atoms with Gasteiger partial charge in [-0.2, -0.15) is 0 Å². The Morgan fingerprint density at radius 2 is 2.11 bits per heavy atom. The molecule has 2 nitrogen and oxygen atoms in total. The largest absolute Gasteiger partial charge is 0.493 e. The second kappa shape index (κ2) is 5.54. The van der Waals surface area contributed by atoms with Crippen LogP contribution in [0, 0.1) is 11.8 Å². The molecule has 1 N–H and O–H groups in total. The molecule has 1 aliphatic carbocycles. The van der Waals surface area contributed by atoms with Crippen LogP contribution in [0.3, 0.4) is 0 Å². The molecular weight excluding hydrogens is 234 g/mol. The third-order valence-corrected chi connectivity index (χ3v) is 4.99. The summed E-state index contributed by atoms with van der Waals surface area (Å²) >= 11 is 0. The lowest BCUT2D eigenvalue weighted by atomic mass is 9.74. The van der Waals surface area contributed by atoms with E-state index in [-0.39, 0.29) is 0 Å². The van der Waals surface area contributed by atoms with Crippen molar-refractivity contribution in [3.63, 3.8) is 0 Å². The van der Waals surface area contributed by atoms with E-state index in [0.29, 0.717) is 12.0 Å². The second-order valence-corrected chi connectivity index (χ2v) is 6.30. The van der Waals surface area contributed by atoms with Crippen LogP contribution in [0.2, 0.25) is 0 Å². The van der Waals surface area contributed by atoms with Gasteiger partial charge in [-0.05, 0) is 37.8 Å². The average molecular weight is 259 g/mol. The molecule has 104 valence electrons.